The fourth-order valence-electron chi connectivity index (χ4n) is 3.25. The van der Waals surface area contributed by atoms with Crippen molar-refractivity contribution in [2.24, 2.45) is 10.8 Å². The first-order chi connectivity index (χ1) is 13.2. The molecule has 0 bridgehead atoms. The van der Waals surface area contributed by atoms with Gasteiger partial charge in [-0.3, -0.25) is 9.59 Å². The van der Waals surface area contributed by atoms with Gasteiger partial charge in [0.25, 0.3) is 0 Å². The Hall–Kier alpha value is -2.04. The predicted octanol–water partition coefficient (Wildman–Crippen LogP) is 5.30. The number of nitrogens with zero attached hydrogens (tertiary/aromatic N) is 2. The van der Waals surface area contributed by atoms with Gasteiger partial charge in [-0.2, -0.15) is 0 Å². The lowest BCUT2D eigenvalue weighted by atomic mass is 9.91. The molecule has 5 heteroatoms. The van der Waals surface area contributed by atoms with Crippen molar-refractivity contribution in [2.75, 3.05) is 30.9 Å². The largest absolute Gasteiger partial charge is 0.377 e. The zero-order chi connectivity index (χ0) is 22.4. The Balaban J connectivity index is 3.11. The Bertz CT molecular complexity index is 697. The quantitative estimate of drug-likeness (QED) is 0.640. The molecule has 0 fully saturated rings. The van der Waals surface area contributed by atoms with E-state index in [1.807, 2.05) is 37.2 Å². The molecular weight excluding hydrogens is 362 g/mol. The monoisotopic (exact) mass is 403 g/mol. The SMILES string of the molecule is CCCN(Cc1cc(NC(=O)CC(C)(C)C)ccc1N(C)C)C(=O)CC(C)(C)C. The molecule has 1 aromatic carbocycles. The summed E-state index contributed by atoms with van der Waals surface area (Å²) >= 11 is 0. The maximum atomic E-state index is 12.9. The summed E-state index contributed by atoms with van der Waals surface area (Å²) in [7, 11) is 4.00. The summed E-state index contributed by atoms with van der Waals surface area (Å²) in [5.41, 5.74) is 2.77. The minimum atomic E-state index is -0.0617. The Morgan fingerprint density at radius 1 is 0.966 bits per heavy atom. The minimum absolute atomic E-state index is 0.00952. The maximum Gasteiger partial charge on any atom is 0.224 e. The molecule has 0 radical (unpaired) electrons. The molecular formula is C24H41N3O2. The van der Waals surface area contributed by atoms with E-state index < -0.39 is 0 Å². The van der Waals surface area contributed by atoms with Gasteiger partial charge in [0.2, 0.25) is 11.8 Å². The van der Waals surface area contributed by atoms with E-state index in [-0.39, 0.29) is 22.6 Å². The van der Waals surface area contributed by atoms with Gasteiger partial charge >= 0.3 is 0 Å². The van der Waals surface area contributed by atoms with Crippen LogP contribution in [0.15, 0.2) is 18.2 Å². The summed E-state index contributed by atoms with van der Waals surface area (Å²) in [6.45, 7) is 15.8. The van der Waals surface area contributed by atoms with Crippen LogP contribution >= 0.6 is 0 Å². The molecule has 0 unspecified atom stereocenters. The number of carbonyl (C=O) groups excluding carboxylic acids is 2. The van der Waals surface area contributed by atoms with Crippen molar-refractivity contribution in [3.05, 3.63) is 23.8 Å². The highest BCUT2D eigenvalue weighted by atomic mass is 16.2. The molecule has 29 heavy (non-hydrogen) atoms. The van der Waals surface area contributed by atoms with Gasteiger partial charge < -0.3 is 15.1 Å². The number of anilines is 2. The third-order valence-electron chi connectivity index (χ3n) is 4.42. The Morgan fingerprint density at radius 3 is 2.03 bits per heavy atom. The lowest BCUT2D eigenvalue weighted by molar-refractivity contribution is -0.133. The fraction of sp³-hybridized carbons (Fsp3) is 0.667. The van der Waals surface area contributed by atoms with E-state index in [9.17, 15) is 9.59 Å². The van der Waals surface area contributed by atoms with Crippen molar-refractivity contribution in [1.82, 2.24) is 4.90 Å². The zero-order valence-electron chi connectivity index (χ0n) is 20.0. The van der Waals surface area contributed by atoms with Gasteiger partial charge in [0.05, 0.1) is 0 Å². The fourth-order valence-corrected chi connectivity index (χ4v) is 3.25. The highest BCUT2D eigenvalue weighted by molar-refractivity contribution is 5.91. The van der Waals surface area contributed by atoms with E-state index in [4.69, 9.17) is 0 Å². The molecule has 0 aliphatic rings. The topological polar surface area (TPSA) is 52.7 Å². The van der Waals surface area contributed by atoms with Gasteiger partial charge in [-0.25, -0.2) is 0 Å². The van der Waals surface area contributed by atoms with Crippen LogP contribution in [-0.2, 0) is 16.1 Å². The van der Waals surface area contributed by atoms with Gasteiger partial charge in [0.15, 0.2) is 0 Å². The first-order valence-electron chi connectivity index (χ1n) is 10.6. The standard InChI is InChI=1S/C24H41N3O2/c1-10-13-27(22(29)16-24(5,6)7)17-18-14-19(11-12-20(18)26(8)9)25-21(28)15-23(2,3)4/h11-12,14H,10,13,15-17H2,1-9H3,(H,25,28). The molecule has 2 amide bonds. The highest BCUT2D eigenvalue weighted by Crippen LogP contribution is 2.27. The van der Waals surface area contributed by atoms with Crippen LogP contribution in [-0.4, -0.2) is 37.4 Å². The summed E-state index contributed by atoms with van der Waals surface area (Å²) < 4.78 is 0. The van der Waals surface area contributed by atoms with Gasteiger partial charge in [-0.1, -0.05) is 48.5 Å². The van der Waals surface area contributed by atoms with Crippen LogP contribution in [0, 0.1) is 10.8 Å². The Labute approximate surface area is 177 Å². The van der Waals surface area contributed by atoms with Crippen LogP contribution in [0.25, 0.3) is 0 Å². The number of rotatable bonds is 8. The van der Waals surface area contributed by atoms with Crippen LogP contribution < -0.4 is 10.2 Å². The molecule has 1 N–H and O–H groups in total. The van der Waals surface area contributed by atoms with E-state index in [0.717, 1.165) is 29.9 Å². The van der Waals surface area contributed by atoms with E-state index in [0.29, 0.717) is 19.4 Å². The number of amides is 2. The second-order valence-corrected chi connectivity index (χ2v) is 10.6. The van der Waals surface area contributed by atoms with Crippen molar-refractivity contribution in [3.8, 4) is 0 Å². The molecule has 1 aromatic rings. The Kier molecular flexibility index (Phi) is 8.73. The molecule has 5 nitrogen and oxygen atoms in total. The lowest BCUT2D eigenvalue weighted by Crippen LogP contribution is -2.34. The average Bonchev–Trinajstić information content (AvgIpc) is 2.50. The number of benzene rings is 1. The van der Waals surface area contributed by atoms with Crippen LogP contribution in [0.4, 0.5) is 11.4 Å². The molecule has 1 rings (SSSR count). The summed E-state index contributed by atoms with van der Waals surface area (Å²) in [5, 5.41) is 3.02. The van der Waals surface area contributed by atoms with Crippen molar-refractivity contribution >= 4 is 23.2 Å². The third-order valence-corrected chi connectivity index (χ3v) is 4.42. The van der Waals surface area contributed by atoms with Gasteiger partial charge in [0, 0.05) is 51.4 Å². The van der Waals surface area contributed by atoms with Gasteiger partial charge in [-0.15, -0.1) is 0 Å². The smallest absolute Gasteiger partial charge is 0.224 e. The van der Waals surface area contributed by atoms with E-state index in [1.165, 1.54) is 0 Å². The molecule has 0 atom stereocenters. The number of nitrogens with one attached hydrogen (secondary N) is 1. The molecule has 164 valence electrons. The summed E-state index contributed by atoms with van der Waals surface area (Å²) in [5.74, 6) is 0.182. The number of hydrogen-bond donors (Lipinski definition) is 1. The lowest BCUT2D eigenvalue weighted by Gasteiger charge is -2.28. The van der Waals surface area contributed by atoms with Crippen molar-refractivity contribution < 1.29 is 9.59 Å². The normalized spacial score (nSPS) is 11.9. The third kappa shape index (κ3) is 9.33. The first kappa shape index (κ1) is 25.0. The molecule has 0 aromatic heterocycles. The number of hydrogen-bond acceptors (Lipinski definition) is 3. The molecule has 0 saturated heterocycles. The van der Waals surface area contributed by atoms with E-state index in [1.54, 1.807) is 0 Å². The summed E-state index contributed by atoms with van der Waals surface area (Å²) in [6, 6.07) is 5.95. The highest BCUT2D eigenvalue weighted by Gasteiger charge is 2.22. The first-order valence-corrected chi connectivity index (χ1v) is 10.6. The molecule has 0 heterocycles. The molecule has 0 spiro atoms. The number of carbonyl (C=O) groups is 2. The van der Waals surface area contributed by atoms with E-state index >= 15 is 0 Å². The summed E-state index contributed by atoms with van der Waals surface area (Å²) in [4.78, 5) is 29.2. The van der Waals surface area contributed by atoms with Crippen LogP contribution in [0.5, 0.6) is 0 Å². The molecule has 0 aliphatic carbocycles. The average molecular weight is 404 g/mol. The maximum absolute atomic E-state index is 12.9. The predicted molar refractivity (Wildman–Crippen MR) is 123 cm³/mol. The van der Waals surface area contributed by atoms with Crippen LogP contribution in [0.3, 0.4) is 0 Å². The second-order valence-electron chi connectivity index (χ2n) is 10.6. The summed E-state index contributed by atoms with van der Waals surface area (Å²) in [6.07, 6.45) is 1.89. The van der Waals surface area contributed by atoms with Gasteiger partial charge in [-0.05, 0) is 41.0 Å². The second kappa shape index (κ2) is 10.1. The molecule has 0 aliphatic heterocycles. The van der Waals surface area contributed by atoms with Crippen LogP contribution in [0.2, 0.25) is 0 Å². The zero-order valence-corrected chi connectivity index (χ0v) is 20.0. The van der Waals surface area contributed by atoms with Gasteiger partial charge in [0.1, 0.15) is 0 Å². The molecule has 0 saturated carbocycles. The van der Waals surface area contributed by atoms with Crippen molar-refractivity contribution in [3.63, 3.8) is 0 Å². The van der Waals surface area contributed by atoms with Crippen molar-refractivity contribution in [1.29, 1.82) is 0 Å². The van der Waals surface area contributed by atoms with Crippen molar-refractivity contribution in [2.45, 2.75) is 74.3 Å². The Morgan fingerprint density at radius 2 is 1.55 bits per heavy atom. The van der Waals surface area contributed by atoms with E-state index in [2.05, 4.69) is 58.7 Å². The minimum Gasteiger partial charge on any atom is -0.377 e. The van der Waals surface area contributed by atoms with Crippen LogP contribution in [0.1, 0.15) is 73.3 Å².